The highest BCUT2D eigenvalue weighted by molar-refractivity contribution is 7.93. The molecule has 1 amide bonds. The average Bonchev–Trinajstić information content (AvgIpc) is 3.84. The number of carbonyl (C=O) groups excluding carboxylic acids is 1. The summed E-state index contributed by atoms with van der Waals surface area (Å²) in [6.45, 7) is 2.27. The molecule has 12 heteroatoms. The number of nitrogens with one attached hydrogen (secondary N) is 2. The van der Waals surface area contributed by atoms with Crippen LogP contribution in [0.3, 0.4) is 0 Å². The van der Waals surface area contributed by atoms with Crippen molar-refractivity contribution in [3.63, 3.8) is 0 Å². The Hall–Kier alpha value is -3.67. The van der Waals surface area contributed by atoms with Crippen molar-refractivity contribution in [3.8, 4) is 17.1 Å². The normalized spacial score (nSPS) is 23.9. The number of rotatable bonds is 9. The number of sulfonamides is 1. The van der Waals surface area contributed by atoms with Crippen LogP contribution >= 0.6 is 0 Å². The van der Waals surface area contributed by atoms with Crippen LogP contribution in [0, 0.1) is 17.7 Å². The molecule has 6 rings (SSSR count). The zero-order chi connectivity index (χ0) is 26.5. The van der Waals surface area contributed by atoms with Gasteiger partial charge in [-0.3, -0.25) is 14.5 Å². The smallest absolute Gasteiger partial charge is 0.236 e. The molecule has 3 aliphatic carbocycles. The Morgan fingerprint density at radius 2 is 1.95 bits per heavy atom. The largest absolute Gasteiger partial charge is 0.477 e. The van der Waals surface area contributed by atoms with Crippen molar-refractivity contribution in [1.29, 1.82) is 0 Å². The standard InChI is InChI=1S/C26H27FN6O4S/c1-2-37-24-13-28-12-21(31-24)15-3-6-20(19(27)8-15)32-25(34)26(10-16-7-17(16)11-26)22-9-23(30-14-29-22)33-38(35,36)18-4-5-18/h3,6,8-9,12-14,16-18H,2,4-5,7,10-11H2,1H3,(H,32,34)(H,29,30,33). The minimum Gasteiger partial charge on any atom is -0.477 e. The SMILES string of the molecule is CCOc1cncc(-c2ccc(NC(=O)C3(c4cc(NS(=O)(=O)C5CC5)ncn4)CC4CC4C3)c(F)c2)n1. The molecule has 2 atom stereocenters. The van der Waals surface area contributed by atoms with E-state index in [2.05, 4.69) is 30.0 Å². The summed E-state index contributed by atoms with van der Waals surface area (Å²) in [6.07, 6.45) is 7.69. The molecule has 0 spiro atoms. The zero-order valence-corrected chi connectivity index (χ0v) is 21.5. The van der Waals surface area contributed by atoms with Gasteiger partial charge in [0, 0.05) is 11.6 Å². The summed E-state index contributed by atoms with van der Waals surface area (Å²) in [6, 6.07) is 5.99. The van der Waals surface area contributed by atoms with E-state index in [1.807, 2.05) is 6.92 Å². The van der Waals surface area contributed by atoms with Gasteiger partial charge in [0.2, 0.25) is 21.8 Å². The van der Waals surface area contributed by atoms with Crippen LogP contribution in [0.25, 0.3) is 11.3 Å². The molecule has 2 heterocycles. The summed E-state index contributed by atoms with van der Waals surface area (Å²) in [5.41, 5.74) is 0.415. The van der Waals surface area contributed by atoms with Crippen LogP contribution in [-0.2, 0) is 20.2 Å². The Morgan fingerprint density at radius 3 is 2.66 bits per heavy atom. The molecule has 198 valence electrons. The molecule has 1 aromatic carbocycles. The molecular formula is C26H27FN6O4S. The van der Waals surface area contributed by atoms with Crippen LogP contribution in [0.4, 0.5) is 15.9 Å². The number of hydrogen-bond donors (Lipinski definition) is 2. The second-order valence-corrected chi connectivity index (χ2v) is 12.2. The fraction of sp³-hybridized carbons (Fsp3) is 0.423. The van der Waals surface area contributed by atoms with Gasteiger partial charge in [-0.25, -0.2) is 27.8 Å². The van der Waals surface area contributed by atoms with Crippen molar-refractivity contribution < 1.29 is 22.3 Å². The van der Waals surface area contributed by atoms with Crippen molar-refractivity contribution in [1.82, 2.24) is 19.9 Å². The molecule has 3 aliphatic rings. The second kappa shape index (κ2) is 9.26. The van der Waals surface area contributed by atoms with Crippen molar-refractivity contribution in [2.45, 2.75) is 49.7 Å². The predicted molar refractivity (Wildman–Crippen MR) is 137 cm³/mol. The minimum absolute atomic E-state index is 0.0383. The fourth-order valence-electron chi connectivity index (χ4n) is 5.30. The number of hydrogen-bond acceptors (Lipinski definition) is 8. The molecule has 2 N–H and O–H groups in total. The van der Waals surface area contributed by atoms with Crippen molar-refractivity contribution in [2.24, 2.45) is 11.8 Å². The van der Waals surface area contributed by atoms with Gasteiger partial charge in [0.15, 0.2) is 0 Å². The Bertz CT molecular complexity index is 1500. The van der Waals surface area contributed by atoms with Crippen LogP contribution in [0.2, 0.25) is 0 Å². The first-order valence-electron chi connectivity index (χ1n) is 12.7. The van der Waals surface area contributed by atoms with Gasteiger partial charge in [-0.15, -0.1) is 0 Å². The molecule has 0 radical (unpaired) electrons. The molecule has 2 aromatic heterocycles. The molecule has 2 unspecified atom stereocenters. The van der Waals surface area contributed by atoms with Gasteiger partial charge >= 0.3 is 0 Å². The Morgan fingerprint density at radius 1 is 1.16 bits per heavy atom. The maximum atomic E-state index is 15.2. The molecule has 3 aromatic rings. The van der Waals surface area contributed by atoms with Gasteiger partial charge in [0.1, 0.15) is 18.0 Å². The molecule has 3 saturated carbocycles. The highest BCUT2D eigenvalue weighted by atomic mass is 32.2. The van der Waals surface area contributed by atoms with E-state index in [-0.39, 0.29) is 17.4 Å². The quantitative estimate of drug-likeness (QED) is 0.421. The summed E-state index contributed by atoms with van der Waals surface area (Å²) in [4.78, 5) is 30.6. The van der Waals surface area contributed by atoms with Crippen molar-refractivity contribution in [2.75, 3.05) is 16.6 Å². The third-order valence-electron chi connectivity index (χ3n) is 7.51. The average molecular weight is 539 g/mol. The van der Waals surface area contributed by atoms with Crippen molar-refractivity contribution in [3.05, 3.63) is 54.5 Å². The highest BCUT2D eigenvalue weighted by Crippen LogP contribution is 2.60. The zero-order valence-electron chi connectivity index (χ0n) is 20.7. The number of anilines is 2. The fourth-order valence-corrected chi connectivity index (χ4v) is 6.63. The monoisotopic (exact) mass is 538 g/mol. The van der Waals surface area contributed by atoms with Crippen LogP contribution in [-0.4, -0.2) is 46.1 Å². The van der Waals surface area contributed by atoms with Gasteiger partial charge in [0.25, 0.3) is 0 Å². The Balaban J connectivity index is 1.25. The maximum absolute atomic E-state index is 15.2. The van der Waals surface area contributed by atoms with Crippen LogP contribution in [0.1, 0.15) is 44.7 Å². The van der Waals surface area contributed by atoms with Crippen LogP contribution in [0.5, 0.6) is 5.88 Å². The lowest BCUT2D eigenvalue weighted by Gasteiger charge is -2.29. The molecule has 3 fully saturated rings. The minimum atomic E-state index is -3.52. The topological polar surface area (TPSA) is 136 Å². The lowest BCUT2D eigenvalue weighted by atomic mass is 9.78. The van der Waals surface area contributed by atoms with Gasteiger partial charge in [-0.2, -0.15) is 0 Å². The lowest BCUT2D eigenvalue weighted by molar-refractivity contribution is -0.122. The molecule has 0 saturated heterocycles. The number of amides is 1. The highest BCUT2D eigenvalue weighted by Gasteiger charge is 2.59. The van der Waals surface area contributed by atoms with E-state index in [0.717, 1.165) is 6.42 Å². The number of aromatic nitrogens is 4. The predicted octanol–water partition coefficient (Wildman–Crippen LogP) is 3.68. The van der Waals surface area contributed by atoms with Crippen LogP contribution in [0.15, 0.2) is 43.0 Å². The summed E-state index contributed by atoms with van der Waals surface area (Å²) in [5.74, 6) is 0.285. The summed E-state index contributed by atoms with van der Waals surface area (Å²) < 4.78 is 47.9. The van der Waals surface area contributed by atoms with Gasteiger partial charge < -0.3 is 10.1 Å². The van der Waals surface area contributed by atoms with Crippen LogP contribution < -0.4 is 14.8 Å². The summed E-state index contributed by atoms with van der Waals surface area (Å²) in [7, 11) is -3.52. The summed E-state index contributed by atoms with van der Waals surface area (Å²) >= 11 is 0. The number of benzene rings is 1. The first kappa shape index (κ1) is 24.7. The van der Waals surface area contributed by atoms with E-state index in [0.29, 0.717) is 67.0 Å². The molecule has 10 nitrogen and oxygen atoms in total. The molecular weight excluding hydrogens is 511 g/mol. The first-order chi connectivity index (χ1) is 18.3. The van der Waals surface area contributed by atoms with E-state index in [1.165, 1.54) is 36.9 Å². The number of halogens is 1. The Kier molecular flexibility index (Phi) is 6.01. The maximum Gasteiger partial charge on any atom is 0.236 e. The molecule has 0 aliphatic heterocycles. The third kappa shape index (κ3) is 4.68. The number of fused-ring (bicyclic) bond motifs is 1. The van der Waals surface area contributed by atoms with E-state index < -0.39 is 26.5 Å². The lowest BCUT2D eigenvalue weighted by Crippen LogP contribution is -2.40. The second-order valence-electron chi connectivity index (χ2n) is 10.2. The van der Waals surface area contributed by atoms with E-state index in [1.54, 1.807) is 6.07 Å². The first-order valence-corrected chi connectivity index (χ1v) is 14.2. The van der Waals surface area contributed by atoms with Gasteiger partial charge in [0.05, 0.1) is 46.7 Å². The van der Waals surface area contributed by atoms with E-state index in [9.17, 15) is 13.2 Å². The third-order valence-corrected chi connectivity index (χ3v) is 9.35. The summed E-state index contributed by atoms with van der Waals surface area (Å²) in [5, 5.41) is 2.36. The van der Waals surface area contributed by atoms with E-state index >= 15 is 4.39 Å². The van der Waals surface area contributed by atoms with Gasteiger partial charge in [-0.05, 0) is 63.0 Å². The molecule has 0 bridgehead atoms. The Labute approximate surface area is 219 Å². The van der Waals surface area contributed by atoms with Crippen molar-refractivity contribution >= 4 is 27.4 Å². The molecule has 38 heavy (non-hydrogen) atoms. The number of carbonyl (C=O) groups is 1. The number of nitrogens with zero attached hydrogens (tertiary/aromatic N) is 4. The van der Waals surface area contributed by atoms with Gasteiger partial charge in [-0.1, -0.05) is 6.07 Å². The van der Waals surface area contributed by atoms with E-state index in [4.69, 9.17) is 4.74 Å². The number of ether oxygens (including phenoxy) is 1.